The van der Waals surface area contributed by atoms with Crippen LogP contribution in [0.15, 0.2) is 42.0 Å². The van der Waals surface area contributed by atoms with Crippen LogP contribution in [-0.2, 0) is 15.8 Å². The summed E-state index contributed by atoms with van der Waals surface area (Å²) in [6.07, 6.45) is 2.25. The second-order valence-corrected chi connectivity index (χ2v) is 15.3. The second kappa shape index (κ2) is 12.8. The molecule has 0 radical (unpaired) electrons. The fraction of sp³-hybridized carbons (Fsp3) is 0.692. The SMILES string of the molecule is C/C(=C/[C@@H](C)[C@H](O[Si](C(C)C)(C(C)C)C(C)C)[C@H](C)COCc1ccccc1)CO. The summed E-state index contributed by atoms with van der Waals surface area (Å²) in [5.74, 6) is 0.477. The highest BCUT2D eigenvalue weighted by atomic mass is 28.4. The Bertz CT molecular complexity index is 603. The minimum atomic E-state index is -2.03. The first-order chi connectivity index (χ1) is 14.1. The van der Waals surface area contributed by atoms with E-state index in [9.17, 15) is 5.11 Å². The molecule has 0 aliphatic carbocycles. The van der Waals surface area contributed by atoms with E-state index in [4.69, 9.17) is 9.16 Å². The summed E-state index contributed by atoms with van der Waals surface area (Å²) in [5.41, 5.74) is 3.80. The molecule has 0 unspecified atom stereocenters. The van der Waals surface area contributed by atoms with Gasteiger partial charge in [0.2, 0.25) is 8.32 Å². The molecule has 1 aromatic rings. The van der Waals surface area contributed by atoms with E-state index in [2.05, 4.69) is 73.6 Å². The lowest BCUT2D eigenvalue weighted by Gasteiger charge is -2.47. The van der Waals surface area contributed by atoms with Gasteiger partial charge < -0.3 is 14.3 Å². The Labute approximate surface area is 187 Å². The van der Waals surface area contributed by atoms with E-state index >= 15 is 0 Å². The molecule has 0 amide bonds. The molecule has 172 valence electrons. The average molecular weight is 435 g/mol. The third kappa shape index (κ3) is 7.33. The lowest BCUT2D eigenvalue weighted by atomic mass is 9.92. The van der Waals surface area contributed by atoms with Gasteiger partial charge in [-0.3, -0.25) is 0 Å². The summed E-state index contributed by atoms with van der Waals surface area (Å²) in [7, 11) is -2.03. The molecular formula is C26H46O3Si. The molecule has 0 fully saturated rings. The topological polar surface area (TPSA) is 38.7 Å². The molecule has 0 bridgehead atoms. The van der Waals surface area contributed by atoms with E-state index in [-0.39, 0.29) is 24.5 Å². The molecule has 0 saturated heterocycles. The largest absolute Gasteiger partial charge is 0.412 e. The van der Waals surface area contributed by atoms with Gasteiger partial charge in [0.1, 0.15) is 0 Å². The van der Waals surface area contributed by atoms with Crippen molar-refractivity contribution in [3.8, 4) is 0 Å². The Hall–Kier alpha value is -0.943. The van der Waals surface area contributed by atoms with Crippen LogP contribution in [0.4, 0.5) is 0 Å². The van der Waals surface area contributed by atoms with Crippen molar-refractivity contribution in [1.29, 1.82) is 0 Å². The van der Waals surface area contributed by atoms with Crippen molar-refractivity contribution >= 4 is 8.32 Å². The van der Waals surface area contributed by atoms with Gasteiger partial charge in [0, 0.05) is 5.92 Å². The molecule has 0 saturated carbocycles. The summed E-state index contributed by atoms with van der Waals surface area (Å²) in [5, 5.41) is 9.54. The maximum absolute atomic E-state index is 9.54. The maximum atomic E-state index is 9.54. The van der Waals surface area contributed by atoms with Crippen molar-refractivity contribution in [2.75, 3.05) is 13.2 Å². The van der Waals surface area contributed by atoms with Crippen molar-refractivity contribution in [2.45, 2.75) is 91.6 Å². The third-order valence-electron chi connectivity index (χ3n) is 6.42. The standard InChI is InChI=1S/C26H46O3Si/c1-19(2)30(20(3)4,21(5)6)29-26(23(8)15-22(7)16-27)24(9)17-28-18-25-13-11-10-12-14-25/h10-15,19-21,23-24,26-27H,16-18H2,1-9H3/b22-15-/t23-,24-,26+/m1/s1. The molecular weight excluding hydrogens is 388 g/mol. The van der Waals surface area contributed by atoms with Crippen LogP contribution in [0, 0.1) is 11.8 Å². The molecule has 1 rings (SSSR count). The van der Waals surface area contributed by atoms with Crippen molar-refractivity contribution in [2.24, 2.45) is 11.8 Å². The number of hydrogen-bond acceptors (Lipinski definition) is 3. The number of aliphatic hydroxyl groups excluding tert-OH is 1. The van der Waals surface area contributed by atoms with Crippen LogP contribution in [0.25, 0.3) is 0 Å². The third-order valence-corrected chi connectivity index (χ3v) is 12.5. The second-order valence-electron chi connectivity index (χ2n) is 9.91. The molecule has 0 aliphatic rings. The number of rotatable bonds is 13. The molecule has 4 heteroatoms. The number of hydrogen-bond donors (Lipinski definition) is 1. The Morgan fingerprint density at radius 1 is 0.933 bits per heavy atom. The van der Waals surface area contributed by atoms with Gasteiger partial charge in [0.05, 0.1) is 25.9 Å². The zero-order valence-electron chi connectivity index (χ0n) is 20.8. The van der Waals surface area contributed by atoms with Crippen LogP contribution in [0.3, 0.4) is 0 Å². The predicted molar refractivity (Wildman–Crippen MR) is 131 cm³/mol. The van der Waals surface area contributed by atoms with Gasteiger partial charge in [-0.15, -0.1) is 0 Å². The Morgan fingerprint density at radius 3 is 1.93 bits per heavy atom. The monoisotopic (exact) mass is 434 g/mol. The zero-order chi connectivity index (χ0) is 22.9. The Kier molecular flexibility index (Phi) is 11.6. The fourth-order valence-corrected chi connectivity index (χ4v) is 10.7. The molecule has 0 aliphatic heterocycles. The van der Waals surface area contributed by atoms with E-state index in [1.807, 2.05) is 25.1 Å². The molecule has 0 aromatic heterocycles. The van der Waals surface area contributed by atoms with Crippen LogP contribution in [0.2, 0.25) is 16.6 Å². The molecule has 0 spiro atoms. The first-order valence-corrected chi connectivity index (χ1v) is 13.8. The lowest BCUT2D eigenvalue weighted by Crippen LogP contribution is -2.52. The van der Waals surface area contributed by atoms with Gasteiger partial charge >= 0.3 is 0 Å². The predicted octanol–water partition coefficient (Wildman–Crippen LogP) is 6.97. The summed E-state index contributed by atoms with van der Waals surface area (Å²) in [6, 6.07) is 10.3. The Morgan fingerprint density at radius 2 is 1.47 bits per heavy atom. The minimum Gasteiger partial charge on any atom is -0.412 e. The summed E-state index contributed by atoms with van der Waals surface area (Å²) < 4.78 is 13.3. The van der Waals surface area contributed by atoms with Crippen LogP contribution < -0.4 is 0 Å². The maximum Gasteiger partial charge on any atom is 0.200 e. The summed E-state index contributed by atoms with van der Waals surface area (Å²) in [4.78, 5) is 0. The first kappa shape index (κ1) is 27.1. The average Bonchev–Trinajstić information content (AvgIpc) is 2.68. The molecule has 1 N–H and O–H groups in total. The van der Waals surface area contributed by atoms with E-state index in [0.29, 0.717) is 29.8 Å². The first-order valence-electron chi connectivity index (χ1n) is 11.6. The van der Waals surface area contributed by atoms with Gasteiger partial charge in [0.15, 0.2) is 0 Å². The van der Waals surface area contributed by atoms with Crippen LogP contribution in [-0.4, -0.2) is 32.7 Å². The van der Waals surface area contributed by atoms with E-state index < -0.39 is 8.32 Å². The van der Waals surface area contributed by atoms with Gasteiger partial charge in [-0.25, -0.2) is 0 Å². The highest BCUT2D eigenvalue weighted by molar-refractivity contribution is 6.77. The van der Waals surface area contributed by atoms with Crippen LogP contribution >= 0.6 is 0 Å². The van der Waals surface area contributed by atoms with Gasteiger partial charge in [0.25, 0.3) is 0 Å². The molecule has 3 atom stereocenters. The highest BCUT2D eigenvalue weighted by Gasteiger charge is 2.47. The molecule has 1 aromatic carbocycles. The van der Waals surface area contributed by atoms with Crippen molar-refractivity contribution in [3.63, 3.8) is 0 Å². The van der Waals surface area contributed by atoms with Crippen LogP contribution in [0.1, 0.15) is 67.9 Å². The number of benzene rings is 1. The highest BCUT2D eigenvalue weighted by Crippen LogP contribution is 2.44. The van der Waals surface area contributed by atoms with E-state index in [1.54, 1.807) is 0 Å². The van der Waals surface area contributed by atoms with Crippen molar-refractivity contribution < 1.29 is 14.3 Å². The van der Waals surface area contributed by atoms with E-state index in [1.165, 1.54) is 5.56 Å². The smallest absolute Gasteiger partial charge is 0.200 e. The van der Waals surface area contributed by atoms with Gasteiger partial charge in [-0.2, -0.15) is 0 Å². The fourth-order valence-electron chi connectivity index (χ4n) is 5.01. The Balaban J connectivity index is 3.08. The molecule has 0 heterocycles. The molecule has 3 nitrogen and oxygen atoms in total. The van der Waals surface area contributed by atoms with Gasteiger partial charge in [-0.1, -0.05) is 97.4 Å². The van der Waals surface area contributed by atoms with Crippen LogP contribution in [0.5, 0.6) is 0 Å². The lowest BCUT2D eigenvalue weighted by molar-refractivity contribution is 0.0173. The quantitative estimate of drug-likeness (QED) is 0.269. The summed E-state index contributed by atoms with van der Waals surface area (Å²) in [6.45, 7) is 21.8. The normalized spacial score (nSPS) is 16.4. The summed E-state index contributed by atoms with van der Waals surface area (Å²) >= 11 is 0. The number of ether oxygens (including phenoxy) is 1. The van der Waals surface area contributed by atoms with Crippen molar-refractivity contribution in [1.82, 2.24) is 0 Å². The molecule has 30 heavy (non-hydrogen) atoms. The number of aliphatic hydroxyl groups is 1. The minimum absolute atomic E-state index is 0.0705. The zero-order valence-corrected chi connectivity index (χ0v) is 21.8. The van der Waals surface area contributed by atoms with E-state index in [0.717, 1.165) is 5.57 Å². The van der Waals surface area contributed by atoms with Crippen molar-refractivity contribution in [3.05, 3.63) is 47.5 Å². The van der Waals surface area contributed by atoms with Gasteiger partial charge in [-0.05, 0) is 35.0 Å².